The molecule has 0 bridgehead atoms. The van der Waals surface area contributed by atoms with Crippen LogP contribution in [0, 0.1) is 0 Å². The molecule has 4 atom stereocenters. The summed E-state index contributed by atoms with van der Waals surface area (Å²) >= 11 is 0. The summed E-state index contributed by atoms with van der Waals surface area (Å²) in [6, 6.07) is 59.9. The molecule has 6 aromatic carbocycles. The lowest BCUT2D eigenvalue weighted by Crippen LogP contribution is -2.33. The zero-order valence-electron chi connectivity index (χ0n) is 36.9. The van der Waals surface area contributed by atoms with Crippen LogP contribution < -0.4 is 4.90 Å². The van der Waals surface area contributed by atoms with E-state index in [1.54, 1.807) is 22.3 Å². The van der Waals surface area contributed by atoms with E-state index in [1.807, 2.05) is 0 Å². The molecule has 0 aromatic heterocycles. The molecule has 6 aliphatic carbocycles. The Hall–Kier alpha value is -6.70. The maximum absolute atomic E-state index is 2.75. The second-order valence-corrected chi connectivity index (χ2v) is 18.9. The van der Waals surface area contributed by atoms with Crippen molar-refractivity contribution >= 4 is 17.1 Å². The van der Waals surface area contributed by atoms with Gasteiger partial charge in [-0.05, 0) is 161 Å². The summed E-state index contributed by atoms with van der Waals surface area (Å²) in [5.74, 6) is 0.719. The molecule has 0 fully saturated rings. The lowest BCUT2D eigenvalue weighted by atomic mass is 9.61. The third-order valence-electron chi connectivity index (χ3n) is 15.6. The lowest BCUT2D eigenvalue weighted by molar-refractivity contribution is 0.584. The van der Waals surface area contributed by atoms with Crippen molar-refractivity contribution in [3.8, 4) is 11.1 Å². The number of benzene rings is 6. The molecule has 0 spiro atoms. The Morgan fingerprint density at radius 1 is 0.578 bits per heavy atom. The molecule has 64 heavy (non-hydrogen) atoms. The van der Waals surface area contributed by atoms with E-state index in [2.05, 4.69) is 218 Å². The monoisotopic (exact) mass is 825 g/mol. The van der Waals surface area contributed by atoms with Gasteiger partial charge in [0.05, 0.1) is 5.41 Å². The highest BCUT2D eigenvalue weighted by Gasteiger charge is 2.55. The molecule has 6 aromatic rings. The fourth-order valence-electron chi connectivity index (χ4n) is 12.6. The Kier molecular flexibility index (Phi) is 9.63. The Labute approximate surface area is 379 Å². The lowest BCUT2D eigenvalue weighted by Gasteiger charge is -2.41. The van der Waals surface area contributed by atoms with Gasteiger partial charge in [-0.3, -0.25) is 0 Å². The summed E-state index contributed by atoms with van der Waals surface area (Å²) in [6.45, 7) is 2.52. The molecule has 1 nitrogen and oxygen atoms in total. The number of allylic oxidation sites excluding steroid dienone is 14. The average molecular weight is 826 g/mol. The molecule has 1 heteroatoms. The highest BCUT2D eigenvalue weighted by Crippen LogP contribution is 2.66. The van der Waals surface area contributed by atoms with Crippen LogP contribution in [0.2, 0.25) is 0 Å². The molecule has 0 aliphatic heterocycles. The van der Waals surface area contributed by atoms with Crippen molar-refractivity contribution in [1.82, 2.24) is 0 Å². The quantitative estimate of drug-likeness (QED) is 0.138. The summed E-state index contributed by atoms with van der Waals surface area (Å²) in [5.41, 5.74) is 21.9. The summed E-state index contributed by atoms with van der Waals surface area (Å²) < 4.78 is 0. The van der Waals surface area contributed by atoms with Crippen LogP contribution in [-0.4, -0.2) is 0 Å². The van der Waals surface area contributed by atoms with Crippen molar-refractivity contribution in [3.05, 3.63) is 268 Å². The SMILES string of the molecule is CC1(c2ccccc2)C2=C(CCC=C2)C2=C1C=C1C(C2)c2ccccc2C1(C1=CCCCC1)c1cccc(N(c2ccc(-c3ccccc3)cc2)c2ccc(C3C=CC=CC3)cc2)c1. The van der Waals surface area contributed by atoms with Gasteiger partial charge in [-0.15, -0.1) is 0 Å². The van der Waals surface area contributed by atoms with Crippen molar-refractivity contribution in [1.29, 1.82) is 0 Å². The van der Waals surface area contributed by atoms with E-state index in [4.69, 9.17) is 0 Å². The van der Waals surface area contributed by atoms with Crippen LogP contribution in [0.15, 0.2) is 240 Å². The van der Waals surface area contributed by atoms with Gasteiger partial charge in [-0.25, -0.2) is 0 Å². The molecular formula is C63H55N. The molecule has 0 heterocycles. The van der Waals surface area contributed by atoms with Crippen molar-refractivity contribution in [2.45, 2.75) is 81.0 Å². The van der Waals surface area contributed by atoms with E-state index in [0.29, 0.717) is 11.8 Å². The molecule has 0 saturated carbocycles. The smallest absolute Gasteiger partial charge is 0.0634 e. The Bertz CT molecular complexity index is 2990. The Morgan fingerprint density at radius 2 is 1.31 bits per heavy atom. The number of hydrogen-bond acceptors (Lipinski definition) is 1. The minimum atomic E-state index is -0.375. The fraction of sp³-hybridized carbons (Fsp3) is 0.206. The number of nitrogens with zero attached hydrogens (tertiary/aromatic N) is 1. The predicted molar refractivity (Wildman–Crippen MR) is 268 cm³/mol. The van der Waals surface area contributed by atoms with E-state index in [-0.39, 0.29) is 10.8 Å². The molecule has 0 saturated heterocycles. The van der Waals surface area contributed by atoms with E-state index in [9.17, 15) is 0 Å². The summed E-state index contributed by atoms with van der Waals surface area (Å²) in [4.78, 5) is 2.49. The standard InChI is InChI=1S/C63H55N/c1-62(48-23-10-4-11-24-48)58-31-16-14-29-54(58)56-42-57-55-30-15-17-32-59(55)63(61(57)43-60(56)62,49-25-12-5-13-26-49)50-27-18-28-53(41-50)64(51-37-33-46(34-38-51)44-19-6-2-7-20-44)52-39-35-47(36-40-52)45-21-8-3-9-22-45/h2-4,6-11,15-21,23-25,27-28,30-41,43,45,57H,5,12-14,22,26,29,42H2,1H3. The van der Waals surface area contributed by atoms with Crippen LogP contribution in [0.5, 0.6) is 0 Å². The van der Waals surface area contributed by atoms with Gasteiger partial charge >= 0.3 is 0 Å². The van der Waals surface area contributed by atoms with E-state index in [0.717, 1.165) is 44.2 Å². The molecule has 0 radical (unpaired) electrons. The van der Waals surface area contributed by atoms with Crippen LogP contribution in [0.4, 0.5) is 17.1 Å². The van der Waals surface area contributed by atoms with Crippen LogP contribution in [-0.2, 0) is 10.8 Å². The van der Waals surface area contributed by atoms with Gasteiger partial charge in [-0.2, -0.15) is 0 Å². The molecule has 12 rings (SSSR count). The van der Waals surface area contributed by atoms with Crippen molar-refractivity contribution in [2.24, 2.45) is 0 Å². The maximum Gasteiger partial charge on any atom is 0.0634 e. The van der Waals surface area contributed by atoms with Gasteiger partial charge in [0.1, 0.15) is 0 Å². The Balaban J connectivity index is 1.05. The van der Waals surface area contributed by atoms with Crippen LogP contribution in [0.3, 0.4) is 0 Å². The summed E-state index contributed by atoms with van der Waals surface area (Å²) in [7, 11) is 0. The van der Waals surface area contributed by atoms with Crippen LogP contribution in [0.25, 0.3) is 11.1 Å². The first-order valence-corrected chi connectivity index (χ1v) is 23.8. The largest absolute Gasteiger partial charge is 0.310 e. The third-order valence-corrected chi connectivity index (χ3v) is 15.6. The van der Waals surface area contributed by atoms with E-state index in [1.165, 1.54) is 74.3 Å². The highest BCUT2D eigenvalue weighted by molar-refractivity contribution is 5.81. The van der Waals surface area contributed by atoms with Gasteiger partial charge in [-0.1, -0.05) is 176 Å². The molecule has 4 unspecified atom stereocenters. The zero-order chi connectivity index (χ0) is 42.7. The summed E-state index contributed by atoms with van der Waals surface area (Å²) in [5, 5.41) is 0. The molecule has 6 aliphatic rings. The second-order valence-electron chi connectivity index (χ2n) is 18.9. The number of rotatable bonds is 8. The molecular weight excluding hydrogens is 771 g/mol. The third kappa shape index (κ3) is 6.11. The highest BCUT2D eigenvalue weighted by atomic mass is 15.1. The minimum absolute atomic E-state index is 0.206. The second kappa shape index (κ2) is 15.8. The van der Waals surface area contributed by atoms with Gasteiger partial charge in [0, 0.05) is 34.3 Å². The minimum Gasteiger partial charge on any atom is -0.310 e. The zero-order valence-corrected chi connectivity index (χ0v) is 36.9. The number of hydrogen-bond donors (Lipinski definition) is 0. The van der Waals surface area contributed by atoms with Crippen molar-refractivity contribution in [3.63, 3.8) is 0 Å². The average Bonchev–Trinajstić information content (AvgIpc) is 3.81. The first-order chi connectivity index (χ1) is 31.6. The number of anilines is 3. The van der Waals surface area contributed by atoms with E-state index >= 15 is 0 Å². The first kappa shape index (κ1) is 38.9. The number of fused-ring (bicyclic) bond motifs is 4. The maximum atomic E-state index is 2.75. The van der Waals surface area contributed by atoms with Crippen molar-refractivity contribution < 1.29 is 0 Å². The predicted octanol–water partition coefficient (Wildman–Crippen LogP) is 16.6. The van der Waals surface area contributed by atoms with Gasteiger partial charge < -0.3 is 4.90 Å². The van der Waals surface area contributed by atoms with Crippen LogP contribution >= 0.6 is 0 Å². The van der Waals surface area contributed by atoms with Gasteiger partial charge in [0.25, 0.3) is 0 Å². The van der Waals surface area contributed by atoms with Crippen molar-refractivity contribution in [2.75, 3.05) is 4.90 Å². The molecule has 0 N–H and O–H groups in total. The topological polar surface area (TPSA) is 3.24 Å². The van der Waals surface area contributed by atoms with Gasteiger partial charge in [0.15, 0.2) is 0 Å². The van der Waals surface area contributed by atoms with Crippen LogP contribution in [0.1, 0.15) is 97.9 Å². The normalized spacial score (nSPS) is 24.1. The van der Waals surface area contributed by atoms with Gasteiger partial charge in [0.2, 0.25) is 0 Å². The summed E-state index contributed by atoms with van der Waals surface area (Å²) in [6.07, 6.45) is 28.3. The molecule has 0 amide bonds. The first-order valence-electron chi connectivity index (χ1n) is 23.8. The fourth-order valence-corrected chi connectivity index (χ4v) is 12.6. The van der Waals surface area contributed by atoms with E-state index < -0.39 is 0 Å². The Morgan fingerprint density at radius 3 is 2.08 bits per heavy atom. The molecule has 312 valence electrons.